The van der Waals surface area contributed by atoms with E-state index in [2.05, 4.69) is 6.07 Å². The molecule has 0 spiro atoms. The molecule has 0 radical (unpaired) electrons. The van der Waals surface area contributed by atoms with Crippen LogP contribution in [0, 0.1) is 13.8 Å². The maximum absolute atomic E-state index is 9.75. The van der Waals surface area contributed by atoms with Gasteiger partial charge in [0.25, 0.3) is 0 Å². The molecule has 1 aliphatic rings. The van der Waals surface area contributed by atoms with Crippen LogP contribution in [-0.4, -0.2) is 11.7 Å². The predicted octanol–water partition coefficient (Wildman–Crippen LogP) is 2.12. The van der Waals surface area contributed by atoms with E-state index in [-0.39, 0.29) is 6.10 Å². The number of rotatable bonds is 0. The number of hydrogen-bond donors (Lipinski definition) is 1. The third kappa shape index (κ3) is 1.42. The minimum atomic E-state index is -0.343. The molecule has 2 nitrogen and oxygen atoms in total. The zero-order valence-electron chi connectivity index (χ0n) is 8.00. The highest BCUT2D eigenvalue weighted by atomic mass is 16.5. The number of aliphatic hydroxyl groups is 1. The normalized spacial score (nSPS) is 20.7. The number of hydrogen-bond acceptors (Lipinski definition) is 2. The standard InChI is InChI=1S/C11H14O2/c1-7-5-8(2)11-9(12)3-4-13-10(11)6-7/h5-6,9,12H,3-4H2,1-2H3/t9-/m0/s1. The second-order valence-corrected chi connectivity index (χ2v) is 3.65. The number of benzene rings is 1. The average Bonchev–Trinajstić information content (AvgIpc) is 2.02. The molecule has 0 bridgehead atoms. The second kappa shape index (κ2) is 3.04. The first-order valence-corrected chi connectivity index (χ1v) is 4.60. The molecule has 1 atom stereocenters. The summed E-state index contributed by atoms with van der Waals surface area (Å²) in [5, 5.41) is 9.75. The van der Waals surface area contributed by atoms with Gasteiger partial charge >= 0.3 is 0 Å². The van der Waals surface area contributed by atoms with Crippen LogP contribution in [0.3, 0.4) is 0 Å². The number of aliphatic hydroxyl groups excluding tert-OH is 1. The van der Waals surface area contributed by atoms with Crippen molar-refractivity contribution < 1.29 is 9.84 Å². The quantitative estimate of drug-likeness (QED) is 0.659. The summed E-state index contributed by atoms with van der Waals surface area (Å²) in [6, 6.07) is 4.07. The molecule has 0 fully saturated rings. The highest BCUT2D eigenvalue weighted by molar-refractivity contribution is 5.45. The van der Waals surface area contributed by atoms with Crippen molar-refractivity contribution in [1.29, 1.82) is 0 Å². The molecular weight excluding hydrogens is 164 g/mol. The molecule has 70 valence electrons. The van der Waals surface area contributed by atoms with E-state index in [0.717, 1.165) is 16.9 Å². The zero-order valence-corrected chi connectivity index (χ0v) is 8.00. The molecule has 0 unspecified atom stereocenters. The third-order valence-electron chi connectivity index (χ3n) is 2.48. The fourth-order valence-electron chi connectivity index (χ4n) is 1.91. The predicted molar refractivity (Wildman–Crippen MR) is 51.0 cm³/mol. The van der Waals surface area contributed by atoms with Gasteiger partial charge in [-0.2, -0.15) is 0 Å². The van der Waals surface area contributed by atoms with Crippen LogP contribution in [0.2, 0.25) is 0 Å². The monoisotopic (exact) mass is 178 g/mol. The van der Waals surface area contributed by atoms with E-state index < -0.39 is 0 Å². The summed E-state index contributed by atoms with van der Waals surface area (Å²) in [6.45, 7) is 4.68. The van der Waals surface area contributed by atoms with Gasteiger partial charge in [0, 0.05) is 12.0 Å². The van der Waals surface area contributed by atoms with E-state index in [9.17, 15) is 5.11 Å². The lowest BCUT2D eigenvalue weighted by Crippen LogP contribution is -2.15. The average molecular weight is 178 g/mol. The molecule has 1 heterocycles. The Hall–Kier alpha value is -1.02. The van der Waals surface area contributed by atoms with Gasteiger partial charge in [-0.25, -0.2) is 0 Å². The highest BCUT2D eigenvalue weighted by Crippen LogP contribution is 2.35. The SMILES string of the molecule is Cc1cc(C)c2c(c1)OCC[C@@H]2O. The van der Waals surface area contributed by atoms with E-state index in [1.54, 1.807) is 0 Å². The maximum Gasteiger partial charge on any atom is 0.125 e. The minimum absolute atomic E-state index is 0.343. The van der Waals surface area contributed by atoms with Crippen LogP contribution in [0.1, 0.15) is 29.2 Å². The van der Waals surface area contributed by atoms with Crippen LogP contribution in [0.25, 0.3) is 0 Å². The van der Waals surface area contributed by atoms with E-state index in [4.69, 9.17) is 4.74 Å². The summed E-state index contributed by atoms with van der Waals surface area (Å²) < 4.78 is 5.50. The molecule has 1 aromatic carbocycles. The first-order valence-electron chi connectivity index (χ1n) is 4.60. The van der Waals surface area contributed by atoms with Crippen LogP contribution in [-0.2, 0) is 0 Å². The van der Waals surface area contributed by atoms with Gasteiger partial charge < -0.3 is 9.84 Å². The second-order valence-electron chi connectivity index (χ2n) is 3.65. The van der Waals surface area contributed by atoms with Crippen LogP contribution >= 0.6 is 0 Å². The van der Waals surface area contributed by atoms with Gasteiger partial charge in [0.1, 0.15) is 5.75 Å². The largest absolute Gasteiger partial charge is 0.493 e. The van der Waals surface area contributed by atoms with Crippen LogP contribution in [0.5, 0.6) is 5.75 Å². The van der Waals surface area contributed by atoms with Crippen LogP contribution < -0.4 is 4.74 Å². The zero-order chi connectivity index (χ0) is 9.42. The molecule has 1 aliphatic heterocycles. The minimum Gasteiger partial charge on any atom is -0.493 e. The molecule has 13 heavy (non-hydrogen) atoms. The molecule has 0 saturated carbocycles. The summed E-state index contributed by atoms with van der Waals surface area (Å²) >= 11 is 0. The van der Waals surface area contributed by atoms with Crippen molar-refractivity contribution in [3.05, 3.63) is 28.8 Å². The number of ether oxygens (including phenoxy) is 1. The molecule has 0 aliphatic carbocycles. The first-order chi connectivity index (χ1) is 6.18. The van der Waals surface area contributed by atoms with E-state index in [1.807, 2.05) is 19.9 Å². The van der Waals surface area contributed by atoms with E-state index in [1.165, 1.54) is 5.56 Å². The molecule has 0 amide bonds. The molecular formula is C11H14O2. The fourth-order valence-corrected chi connectivity index (χ4v) is 1.91. The Balaban J connectivity index is 2.56. The maximum atomic E-state index is 9.75. The van der Waals surface area contributed by atoms with Crippen molar-refractivity contribution in [2.24, 2.45) is 0 Å². The first kappa shape index (κ1) is 8.57. The Morgan fingerprint density at radius 2 is 2.15 bits per heavy atom. The van der Waals surface area contributed by atoms with Crippen LogP contribution in [0.4, 0.5) is 0 Å². The Bertz CT molecular complexity index is 331. The molecule has 0 aromatic heterocycles. The summed E-state index contributed by atoms with van der Waals surface area (Å²) in [6.07, 6.45) is 0.362. The van der Waals surface area contributed by atoms with Gasteiger partial charge in [-0.05, 0) is 31.0 Å². The van der Waals surface area contributed by atoms with Crippen molar-refractivity contribution in [2.75, 3.05) is 6.61 Å². The van der Waals surface area contributed by atoms with Gasteiger partial charge in [-0.15, -0.1) is 0 Å². The van der Waals surface area contributed by atoms with Crippen LogP contribution in [0.15, 0.2) is 12.1 Å². The fraction of sp³-hybridized carbons (Fsp3) is 0.455. The van der Waals surface area contributed by atoms with Crippen molar-refractivity contribution in [1.82, 2.24) is 0 Å². The lowest BCUT2D eigenvalue weighted by atomic mass is 9.96. The van der Waals surface area contributed by atoms with Crippen molar-refractivity contribution in [3.63, 3.8) is 0 Å². The summed E-state index contributed by atoms with van der Waals surface area (Å²) in [7, 11) is 0. The van der Waals surface area contributed by atoms with Gasteiger partial charge in [-0.1, -0.05) is 6.07 Å². The highest BCUT2D eigenvalue weighted by Gasteiger charge is 2.21. The van der Waals surface area contributed by atoms with E-state index in [0.29, 0.717) is 13.0 Å². The Morgan fingerprint density at radius 3 is 2.92 bits per heavy atom. The lowest BCUT2D eigenvalue weighted by molar-refractivity contribution is 0.114. The van der Waals surface area contributed by atoms with E-state index >= 15 is 0 Å². The smallest absolute Gasteiger partial charge is 0.125 e. The van der Waals surface area contributed by atoms with Gasteiger partial charge in [0.2, 0.25) is 0 Å². The van der Waals surface area contributed by atoms with Gasteiger partial charge in [0.15, 0.2) is 0 Å². The lowest BCUT2D eigenvalue weighted by Gasteiger charge is -2.24. The summed E-state index contributed by atoms with van der Waals surface area (Å²) in [4.78, 5) is 0. The van der Waals surface area contributed by atoms with Gasteiger partial charge in [0.05, 0.1) is 12.7 Å². The van der Waals surface area contributed by atoms with Crippen molar-refractivity contribution >= 4 is 0 Å². The number of fused-ring (bicyclic) bond motifs is 1. The molecule has 2 heteroatoms. The van der Waals surface area contributed by atoms with Gasteiger partial charge in [-0.3, -0.25) is 0 Å². The van der Waals surface area contributed by atoms with Crippen molar-refractivity contribution in [2.45, 2.75) is 26.4 Å². The third-order valence-corrected chi connectivity index (χ3v) is 2.48. The molecule has 2 rings (SSSR count). The number of aryl methyl sites for hydroxylation is 2. The summed E-state index contributed by atoms with van der Waals surface area (Å²) in [5.41, 5.74) is 3.28. The molecule has 0 saturated heterocycles. The molecule has 1 N–H and O–H groups in total. The molecule has 1 aromatic rings. The summed E-state index contributed by atoms with van der Waals surface area (Å²) in [5.74, 6) is 0.858. The Labute approximate surface area is 78.2 Å². The Kier molecular flexibility index (Phi) is 2.00. The Morgan fingerprint density at radius 1 is 1.38 bits per heavy atom. The topological polar surface area (TPSA) is 29.5 Å². The van der Waals surface area contributed by atoms with Crippen molar-refractivity contribution in [3.8, 4) is 5.75 Å².